The Morgan fingerprint density at radius 3 is 2.74 bits per heavy atom. The number of piperidine rings is 1. The van der Waals surface area contributed by atoms with Crippen LogP contribution in [0.5, 0.6) is 0 Å². The highest BCUT2D eigenvalue weighted by atomic mass is 32.1. The lowest BCUT2D eigenvalue weighted by atomic mass is 9.83. The zero-order chi connectivity index (χ0) is 23.1. The summed E-state index contributed by atoms with van der Waals surface area (Å²) in [6, 6.07) is 16.2. The van der Waals surface area contributed by atoms with Gasteiger partial charge >= 0.3 is 0 Å². The van der Waals surface area contributed by atoms with Crippen LogP contribution >= 0.6 is 11.3 Å². The minimum atomic E-state index is -0.824. The van der Waals surface area contributed by atoms with E-state index in [1.54, 1.807) is 17.4 Å². The molecule has 0 bridgehead atoms. The molecule has 4 aromatic rings. The highest BCUT2D eigenvalue weighted by Crippen LogP contribution is 2.37. The number of hydrogen-bond donors (Lipinski definition) is 2. The molecule has 1 aliphatic heterocycles. The van der Waals surface area contributed by atoms with Crippen LogP contribution in [0, 0.1) is 0 Å². The van der Waals surface area contributed by atoms with Crippen molar-refractivity contribution in [2.75, 3.05) is 13.1 Å². The van der Waals surface area contributed by atoms with Gasteiger partial charge in [-0.1, -0.05) is 31.0 Å². The van der Waals surface area contributed by atoms with Gasteiger partial charge in [0.15, 0.2) is 5.76 Å². The van der Waals surface area contributed by atoms with Gasteiger partial charge in [-0.25, -0.2) is 4.98 Å². The topological polar surface area (TPSA) is 78.6 Å². The zero-order valence-corrected chi connectivity index (χ0v) is 19.9. The highest BCUT2D eigenvalue weighted by molar-refractivity contribution is 7.18. The van der Waals surface area contributed by atoms with Gasteiger partial charge in [0.25, 0.3) is 5.91 Å². The molecule has 1 saturated carbocycles. The molecule has 2 N–H and O–H groups in total. The molecule has 6 nitrogen and oxygen atoms in total. The van der Waals surface area contributed by atoms with Crippen molar-refractivity contribution in [1.29, 1.82) is 0 Å². The first-order valence-corrected chi connectivity index (χ1v) is 13.0. The number of thiazole rings is 1. The van der Waals surface area contributed by atoms with Crippen LogP contribution in [0.4, 0.5) is 0 Å². The number of rotatable bonds is 5. The number of fused-ring (bicyclic) bond motifs is 2. The Hall–Kier alpha value is -2.74. The van der Waals surface area contributed by atoms with Crippen molar-refractivity contribution in [1.82, 2.24) is 15.2 Å². The summed E-state index contributed by atoms with van der Waals surface area (Å²) in [5, 5.41) is 16.0. The van der Waals surface area contributed by atoms with Crippen molar-refractivity contribution in [2.45, 2.75) is 56.7 Å². The Morgan fingerprint density at radius 2 is 1.94 bits per heavy atom. The third-order valence-corrected chi connectivity index (χ3v) is 8.52. The number of aromatic nitrogens is 1. The number of carbonyl (C=O) groups excluding carboxylic acids is 1. The van der Waals surface area contributed by atoms with E-state index in [0.29, 0.717) is 18.2 Å². The lowest BCUT2D eigenvalue weighted by Crippen LogP contribution is -2.46. The predicted molar refractivity (Wildman–Crippen MR) is 134 cm³/mol. The molecule has 0 spiro atoms. The number of benzene rings is 2. The molecular weight excluding hydrogens is 446 g/mol. The van der Waals surface area contributed by atoms with Crippen molar-refractivity contribution in [3.63, 3.8) is 0 Å². The van der Waals surface area contributed by atoms with Gasteiger partial charge in [-0.05, 0) is 61.6 Å². The largest absolute Gasteiger partial charge is 0.451 e. The Morgan fingerprint density at radius 1 is 1.15 bits per heavy atom. The fraction of sp³-hybridized carbons (Fsp3) is 0.407. The molecule has 176 valence electrons. The molecule has 1 aliphatic carbocycles. The number of nitrogens with zero attached hydrogens (tertiary/aromatic N) is 2. The minimum Gasteiger partial charge on any atom is -0.451 e. The molecule has 1 saturated heterocycles. The number of likely N-dealkylation sites (tertiary alicyclic amines) is 1. The molecule has 0 radical (unpaired) electrons. The first-order valence-electron chi connectivity index (χ1n) is 12.2. The number of nitrogens with one attached hydrogen (secondary N) is 1. The fourth-order valence-corrected chi connectivity index (χ4v) is 6.41. The molecule has 1 amide bonds. The van der Waals surface area contributed by atoms with Crippen LogP contribution in [0.1, 0.15) is 59.7 Å². The van der Waals surface area contributed by atoms with Crippen molar-refractivity contribution >= 4 is 38.4 Å². The van der Waals surface area contributed by atoms with Gasteiger partial charge in [-0.3, -0.25) is 4.79 Å². The summed E-state index contributed by atoms with van der Waals surface area (Å²) in [4.78, 5) is 19.9. The van der Waals surface area contributed by atoms with Crippen LogP contribution in [0.25, 0.3) is 21.2 Å². The summed E-state index contributed by atoms with van der Waals surface area (Å²) in [6.07, 6.45) is 6.73. The molecule has 3 heterocycles. The number of hydrogen-bond acceptors (Lipinski definition) is 6. The summed E-state index contributed by atoms with van der Waals surface area (Å²) in [5.74, 6) is 0.0110. The van der Waals surface area contributed by atoms with Crippen LogP contribution in [-0.2, 0) is 12.1 Å². The Kier molecular flexibility index (Phi) is 5.63. The number of aliphatic hydroxyl groups is 1. The second-order valence-electron chi connectivity index (χ2n) is 9.63. The average Bonchev–Trinajstić information content (AvgIpc) is 3.61. The monoisotopic (exact) mass is 475 g/mol. The van der Waals surface area contributed by atoms with E-state index in [-0.39, 0.29) is 11.7 Å². The predicted octanol–water partition coefficient (Wildman–Crippen LogP) is 5.20. The molecule has 0 atom stereocenters. The summed E-state index contributed by atoms with van der Waals surface area (Å²) >= 11 is 1.58. The van der Waals surface area contributed by atoms with Crippen molar-refractivity contribution in [3.8, 4) is 0 Å². The highest BCUT2D eigenvalue weighted by Gasteiger charge is 2.36. The number of furan rings is 1. The average molecular weight is 476 g/mol. The molecule has 2 aliphatic rings. The van der Waals surface area contributed by atoms with Gasteiger partial charge in [-0.2, -0.15) is 0 Å². The maximum Gasteiger partial charge on any atom is 0.287 e. The number of amides is 1. The number of carbonyl (C=O) groups is 1. The Bertz CT molecular complexity index is 1300. The first kappa shape index (κ1) is 21.8. The van der Waals surface area contributed by atoms with Crippen molar-refractivity contribution in [2.24, 2.45) is 0 Å². The normalized spacial score (nSPS) is 19.2. The molecule has 7 heteroatoms. The third kappa shape index (κ3) is 4.13. The molecule has 34 heavy (non-hydrogen) atoms. The first-order chi connectivity index (χ1) is 16.6. The second kappa shape index (κ2) is 8.80. The lowest BCUT2D eigenvalue weighted by Gasteiger charge is -2.41. The van der Waals surface area contributed by atoms with Crippen molar-refractivity contribution in [3.05, 3.63) is 64.9 Å². The van der Waals surface area contributed by atoms with Crippen LogP contribution in [0.2, 0.25) is 0 Å². The molecule has 2 aromatic carbocycles. The van der Waals surface area contributed by atoms with Crippen molar-refractivity contribution < 1.29 is 14.3 Å². The summed E-state index contributed by atoms with van der Waals surface area (Å²) < 4.78 is 6.92. The van der Waals surface area contributed by atoms with E-state index in [0.717, 1.165) is 52.1 Å². The summed E-state index contributed by atoms with van der Waals surface area (Å²) in [5.41, 5.74) is 1.68. The summed E-state index contributed by atoms with van der Waals surface area (Å²) in [7, 11) is 0. The maximum atomic E-state index is 12.7. The standard InChI is InChI=1S/C27H29N3O3S/c31-26(28-17-25-29-21-7-3-4-8-24(21)34-25)23-16-18-15-19(9-10-22(18)33-23)27(32)11-13-30(14-12-27)20-5-1-2-6-20/h3-4,7-10,15-16,20,32H,1-2,5-6,11-14,17H2,(H,28,31). The number of para-hydroxylation sites is 1. The molecule has 2 fully saturated rings. The van der Waals surface area contributed by atoms with E-state index in [4.69, 9.17) is 4.42 Å². The van der Waals surface area contributed by atoms with Crippen LogP contribution < -0.4 is 5.32 Å². The van der Waals surface area contributed by atoms with Gasteiger partial charge in [0.05, 0.1) is 22.4 Å². The fourth-order valence-electron chi connectivity index (χ4n) is 5.50. The van der Waals surface area contributed by atoms with Crippen LogP contribution in [0.3, 0.4) is 0 Å². The minimum absolute atomic E-state index is 0.263. The van der Waals surface area contributed by atoms with Gasteiger partial charge < -0.3 is 19.7 Å². The maximum absolute atomic E-state index is 12.7. The molecule has 6 rings (SSSR count). The second-order valence-corrected chi connectivity index (χ2v) is 10.7. The van der Waals surface area contributed by atoms with Gasteiger partial charge in [0.1, 0.15) is 10.6 Å². The van der Waals surface area contributed by atoms with Crippen LogP contribution in [0.15, 0.2) is 52.9 Å². The third-order valence-electron chi connectivity index (χ3n) is 7.48. The van der Waals surface area contributed by atoms with E-state index >= 15 is 0 Å². The molecular formula is C27H29N3O3S. The Labute approximate surface area is 202 Å². The zero-order valence-electron chi connectivity index (χ0n) is 19.1. The lowest BCUT2D eigenvalue weighted by molar-refractivity contribution is -0.0349. The van der Waals surface area contributed by atoms with Gasteiger partial charge in [0.2, 0.25) is 0 Å². The Balaban J connectivity index is 1.14. The van der Waals surface area contributed by atoms with E-state index in [9.17, 15) is 9.90 Å². The molecule has 0 unspecified atom stereocenters. The molecule has 2 aromatic heterocycles. The SMILES string of the molecule is O=C(NCc1nc2ccccc2s1)c1cc2cc(C3(O)CCN(C4CCCC4)CC3)ccc2o1. The van der Waals surface area contributed by atoms with E-state index in [1.165, 1.54) is 25.7 Å². The van der Waals surface area contributed by atoms with Gasteiger partial charge in [0, 0.05) is 24.5 Å². The van der Waals surface area contributed by atoms with Gasteiger partial charge in [-0.15, -0.1) is 11.3 Å². The van der Waals surface area contributed by atoms with Crippen LogP contribution in [-0.4, -0.2) is 40.0 Å². The van der Waals surface area contributed by atoms with E-state index in [2.05, 4.69) is 15.2 Å². The van der Waals surface area contributed by atoms with E-state index in [1.807, 2.05) is 42.5 Å². The summed E-state index contributed by atoms with van der Waals surface area (Å²) in [6.45, 7) is 2.23. The quantitative estimate of drug-likeness (QED) is 0.415. The smallest absolute Gasteiger partial charge is 0.287 e. The van der Waals surface area contributed by atoms with E-state index < -0.39 is 5.60 Å².